The minimum Gasteiger partial charge on any atom is -0.508 e. The number of phenols is 2. The first-order valence-electron chi connectivity index (χ1n) is 4.97. The quantitative estimate of drug-likeness (QED) is 0.831. The molecule has 86 valence electrons. The summed E-state index contributed by atoms with van der Waals surface area (Å²) in [5.41, 5.74) is 1.34. The molecule has 0 aliphatic rings. The third-order valence-corrected chi connectivity index (χ3v) is 2.67. The first kappa shape index (κ1) is 11.7. The van der Waals surface area contributed by atoms with Crippen molar-refractivity contribution >= 4 is 27.8 Å². The van der Waals surface area contributed by atoms with E-state index in [1.54, 1.807) is 12.3 Å². The van der Waals surface area contributed by atoms with Gasteiger partial charge in [-0.25, -0.2) is 0 Å². The molecule has 0 radical (unpaired) electrons. The van der Waals surface area contributed by atoms with Gasteiger partial charge in [0, 0.05) is 22.3 Å². The maximum absolute atomic E-state index is 9.56. The highest BCUT2D eigenvalue weighted by Crippen LogP contribution is 2.22. The summed E-state index contributed by atoms with van der Waals surface area (Å²) in [5.74, 6) is 0.0332. The molecule has 0 aliphatic heterocycles. The van der Waals surface area contributed by atoms with Gasteiger partial charge in [0.05, 0.1) is 5.69 Å². The van der Waals surface area contributed by atoms with Gasteiger partial charge in [0.15, 0.2) is 0 Å². The van der Waals surface area contributed by atoms with Crippen molar-refractivity contribution in [2.24, 2.45) is 4.99 Å². The number of aromatic hydroxyl groups is 2. The Morgan fingerprint density at radius 3 is 2.59 bits per heavy atom. The second-order valence-corrected chi connectivity index (χ2v) is 4.40. The lowest BCUT2D eigenvalue weighted by molar-refractivity contribution is 0.450. The molecule has 2 rings (SSSR count). The van der Waals surface area contributed by atoms with Crippen molar-refractivity contribution in [2.45, 2.75) is 0 Å². The van der Waals surface area contributed by atoms with Crippen LogP contribution in [0, 0.1) is 0 Å². The summed E-state index contributed by atoms with van der Waals surface area (Å²) in [6.07, 6.45) is 1.55. The maximum Gasteiger partial charge on any atom is 0.128 e. The minimum atomic E-state index is 0.00347. The van der Waals surface area contributed by atoms with E-state index in [4.69, 9.17) is 5.11 Å². The lowest BCUT2D eigenvalue weighted by Gasteiger charge is -1.99. The van der Waals surface area contributed by atoms with Crippen molar-refractivity contribution < 1.29 is 10.2 Å². The Morgan fingerprint density at radius 1 is 1.06 bits per heavy atom. The fourth-order valence-electron chi connectivity index (χ4n) is 1.34. The SMILES string of the molecule is Oc1ccc(/C=N/c2cccc(Br)c2)c(O)c1. The smallest absolute Gasteiger partial charge is 0.128 e. The zero-order valence-electron chi connectivity index (χ0n) is 8.84. The first-order chi connectivity index (χ1) is 8.15. The Kier molecular flexibility index (Phi) is 3.44. The third-order valence-electron chi connectivity index (χ3n) is 2.17. The summed E-state index contributed by atoms with van der Waals surface area (Å²) >= 11 is 3.36. The van der Waals surface area contributed by atoms with E-state index >= 15 is 0 Å². The van der Waals surface area contributed by atoms with Crippen LogP contribution >= 0.6 is 15.9 Å². The van der Waals surface area contributed by atoms with Crippen molar-refractivity contribution in [3.8, 4) is 11.5 Å². The second-order valence-electron chi connectivity index (χ2n) is 3.48. The third kappa shape index (κ3) is 3.07. The largest absolute Gasteiger partial charge is 0.508 e. The molecular weight excluding hydrogens is 282 g/mol. The van der Waals surface area contributed by atoms with Crippen LogP contribution in [0.5, 0.6) is 11.5 Å². The maximum atomic E-state index is 9.56. The van der Waals surface area contributed by atoms with Gasteiger partial charge in [-0.1, -0.05) is 22.0 Å². The van der Waals surface area contributed by atoms with Gasteiger partial charge < -0.3 is 10.2 Å². The van der Waals surface area contributed by atoms with Crippen LogP contribution in [-0.2, 0) is 0 Å². The summed E-state index contributed by atoms with van der Waals surface area (Å²) in [4.78, 5) is 4.23. The van der Waals surface area contributed by atoms with Crippen LogP contribution in [0.1, 0.15) is 5.56 Å². The average molecular weight is 292 g/mol. The van der Waals surface area contributed by atoms with Gasteiger partial charge in [0.2, 0.25) is 0 Å². The minimum absolute atomic E-state index is 0.00347. The number of phenolic OH excluding ortho intramolecular Hbond substituents is 2. The summed E-state index contributed by atoms with van der Waals surface area (Å²) < 4.78 is 0.946. The van der Waals surface area contributed by atoms with Crippen LogP contribution in [0.25, 0.3) is 0 Å². The van der Waals surface area contributed by atoms with Crippen molar-refractivity contribution in [2.75, 3.05) is 0 Å². The van der Waals surface area contributed by atoms with Gasteiger partial charge in [-0.05, 0) is 30.3 Å². The topological polar surface area (TPSA) is 52.8 Å². The van der Waals surface area contributed by atoms with E-state index in [1.807, 2.05) is 24.3 Å². The molecule has 17 heavy (non-hydrogen) atoms. The van der Waals surface area contributed by atoms with Crippen molar-refractivity contribution in [3.63, 3.8) is 0 Å². The summed E-state index contributed by atoms with van der Waals surface area (Å²) in [6.45, 7) is 0. The predicted octanol–water partition coefficient (Wildman–Crippen LogP) is 3.61. The molecule has 0 heterocycles. The Labute approximate surface area is 107 Å². The molecule has 0 saturated carbocycles. The number of benzene rings is 2. The van der Waals surface area contributed by atoms with Crippen molar-refractivity contribution in [3.05, 3.63) is 52.5 Å². The molecule has 0 atom stereocenters. The van der Waals surface area contributed by atoms with Crippen molar-refractivity contribution in [1.29, 1.82) is 0 Å². The van der Waals surface area contributed by atoms with E-state index in [0.717, 1.165) is 10.2 Å². The normalized spacial score (nSPS) is 10.9. The van der Waals surface area contributed by atoms with E-state index in [9.17, 15) is 5.11 Å². The molecule has 2 aromatic carbocycles. The first-order valence-corrected chi connectivity index (χ1v) is 5.76. The van der Waals surface area contributed by atoms with Gasteiger partial charge in [-0.3, -0.25) is 4.99 Å². The number of nitrogens with zero attached hydrogens (tertiary/aromatic N) is 1. The molecule has 0 aliphatic carbocycles. The highest BCUT2D eigenvalue weighted by Gasteiger charge is 1.99. The molecule has 0 spiro atoms. The molecule has 3 nitrogen and oxygen atoms in total. The highest BCUT2D eigenvalue weighted by atomic mass is 79.9. The summed E-state index contributed by atoms with van der Waals surface area (Å²) in [6, 6.07) is 11.9. The number of hydrogen-bond donors (Lipinski definition) is 2. The van der Waals surface area contributed by atoms with Gasteiger partial charge in [-0.2, -0.15) is 0 Å². The van der Waals surface area contributed by atoms with E-state index < -0.39 is 0 Å². The van der Waals surface area contributed by atoms with Crippen LogP contribution in [-0.4, -0.2) is 16.4 Å². The highest BCUT2D eigenvalue weighted by molar-refractivity contribution is 9.10. The monoisotopic (exact) mass is 291 g/mol. The molecule has 0 amide bonds. The van der Waals surface area contributed by atoms with Gasteiger partial charge in [0.1, 0.15) is 11.5 Å². The molecule has 0 fully saturated rings. The van der Waals surface area contributed by atoms with Crippen molar-refractivity contribution in [1.82, 2.24) is 0 Å². The Morgan fingerprint density at radius 2 is 1.88 bits per heavy atom. The fraction of sp³-hybridized carbons (Fsp3) is 0. The molecular formula is C13H10BrNO2. The molecule has 0 unspecified atom stereocenters. The lowest BCUT2D eigenvalue weighted by Crippen LogP contribution is -1.81. The number of rotatable bonds is 2. The number of halogens is 1. The predicted molar refractivity (Wildman–Crippen MR) is 71.2 cm³/mol. The summed E-state index contributed by atoms with van der Waals surface area (Å²) in [7, 11) is 0. The molecule has 0 saturated heterocycles. The molecule has 0 aromatic heterocycles. The van der Waals surface area contributed by atoms with Crippen LogP contribution in [0.2, 0.25) is 0 Å². The van der Waals surface area contributed by atoms with Crippen LogP contribution in [0.3, 0.4) is 0 Å². The summed E-state index contributed by atoms with van der Waals surface area (Å²) in [5, 5.41) is 18.7. The molecule has 2 aromatic rings. The molecule has 0 bridgehead atoms. The number of hydrogen-bond acceptors (Lipinski definition) is 3. The van der Waals surface area contributed by atoms with E-state index in [2.05, 4.69) is 20.9 Å². The second kappa shape index (κ2) is 5.01. The Bertz CT molecular complexity index is 567. The molecule has 2 N–H and O–H groups in total. The fourth-order valence-corrected chi connectivity index (χ4v) is 1.73. The van der Waals surface area contributed by atoms with E-state index in [-0.39, 0.29) is 11.5 Å². The van der Waals surface area contributed by atoms with Gasteiger partial charge in [-0.15, -0.1) is 0 Å². The van der Waals surface area contributed by atoms with Crippen LogP contribution in [0.4, 0.5) is 5.69 Å². The standard InChI is InChI=1S/C13H10BrNO2/c14-10-2-1-3-11(6-10)15-8-9-4-5-12(16)7-13(9)17/h1-8,16-17H/b15-8+. The van der Waals surface area contributed by atoms with E-state index in [1.165, 1.54) is 12.1 Å². The Hall–Kier alpha value is -1.81. The lowest BCUT2D eigenvalue weighted by atomic mass is 10.2. The molecule has 4 heteroatoms. The average Bonchev–Trinajstić information content (AvgIpc) is 2.28. The Balaban J connectivity index is 2.26. The van der Waals surface area contributed by atoms with Gasteiger partial charge >= 0.3 is 0 Å². The number of aliphatic imine (C=N–C) groups is 1. The van der Waals surface area contributed by atoms with Crippen LogP contribution < -0.4 is 0 Å². The zero-order valence-corrected chi connectivity index (χ0v) is 10.4. The van der Waals surface area contributed by atoms with Crippen LogP contribution in [0.15, 0.2) is 51.9 Å². The van der Waals surface area contributed by atoms with E-state index in [0.29, 0.717) is 5.56 Å². The zero-order chi connectivity index (χ0) is 12.3. The van der Waals surface area contributed by atoms with Gasteiger partial charge in [0.25, 0.3) is 0 Å².